The highest BCUT2D eigenvalue weighted by Gasteiger charge is 2.16. The van der Waals surface area contributed by atoms with Gasteiger partial charge in [0.25, 0.3) is 11.5 Å². The summed E-state index contributed by atoms with van der Waals surface area (Å²) >= 11 is 0. The zero-order chi connectivity index (χ0) is 19.2. The monoisotopic (exact) mass is 364 g/mol. The molecule has 2 aromatic carbocycles. The molecular formula is C21H24N4O2. The maximum atomic E-state index is 12.8. The Bertz CT molecular complexity index is 980. The lowest BCUT2D eigenvalue weighted by Crippen LogP contribution is -2.32. The van der Waals surface area contributed by atoms with Gasteiger partial charge < -0.3 is 10.2 Å². The van der Waals surface area contributed by atoms with Gasteiger partial charge in [0.15, 0.2) is 5.69 Å². The SMILES string of the molecule is CN(C)CCCNC(=O)c1nn(Cc2ccccc2)c(=O)c2ccccc12. The molecule has 0 saturated heterocycles. The van der Waals surface area contributed by atoms with Crippen LogP contribution in [-0.2, 0) is 6.54 Å². The molecule has 3 rings (SSSR count). The third-order valence-corrected chi connectivity index (χ3v) is 4.33. The van der Waals surface area contributed by atoms with Crippen molar-refractivity contribution in [1.29, 1.82) is 0 Å². The third kappa shape index (κ3) is 4.60. The number of carbonyl (C=O) groups is 1. The van der Waals surface area contributed by atoms with Gasteiger partial charge in [-0.3, -0.25) is 9.59 Å². The number of hydrogen-bond acceptors (Lipinski definition) is 4. The van der Waals surface area contributed by atoms with E-state index in [9.17, 15) is 9.59 Å². The molecule has 0 spiro atoms. The number of rotatable bonds is 7. The summed E-state index contributed by atoms with van der Waals surface area (Å²) in [5, 5.41) is 8.39. The number of fused-ring (bicyclic) bond motifs is 1. The molecule has 1 amide bonds. The van der Waals surface area contributed by atoms with Crippen LogP contribution in [0.4, 0.5) is 0 Å². The van der Waals surface area contributed by atoms with E-state index in [1.165, 1.54) is 4.68 Å². The number of benzene rings is 2. The van der Waals surface area contributed by atoms with Gasteiger partial charge >= 0.3 is 0 Å². The van der Waals surface area contributed by atoms with Crippen molar-refractivity contribution in [2.45, 2.75) is 13.0 Å². The Labute approximate surface area is 158 Å². The van der Waals surface area contributed by atoms with Crippen molar-refractivity contribution < 1.29 is 4.79 Å². The quantitative estimate of drug-likeness (QED) is 0.652. The van der Waals surface area contributed by atoms with Crippen LogP contribution >= 0.6 is 0 Å². The van der Waals surface area contributed by atoms with Crippen LogP contribution in [0.25, 0.3) is 10.8 Å². The van der Waals surface area contributed by atoms with Crippen LogP contribution in [-0.4, -0.2) is 47.8 Å². The largest absolute Gasteiger partial charge is 0.351 e. The lowest BCUT2D eigenvalue weighted by atomic mass is 10.1. The first-order valence-electron chi connectivity index (χ1n) is 9.03. The van der Waals surface area contributed by atoms with E-state index in [1.54, 1.807) is 18.2 Å². The summed E-state index contributed by atoms with van der Waals surface area (Å²) in [6.45, 7) is 1.78. The molecule has 27 heavy (non-hydrogen) atoms. The van der Waals surface area contributed by atoms with Crippen LogP contribution in [0.3, 0.4) is 0 Å². The molecule has 0 aliphatic carbocycles. The second kappa shape index (κ2) is 8.60. The summed E-state index contributed by atoms with van der Waals surface area (Å²) in [5.41, 5.74) is 1.05. The minimum absolute atomic E-state index is 0.196. The smallest absolute Gasteiger partial charge is 0.274 e. The van der Waals surface area contributed by atoms with Crippen LogP contribution in [0.15, 0.2) is 59.4 Å². The molecule has 1 N–H and O–H groups in total. The predicted octanol–water partition coefficient (Wildman–Crippen LogP) is 2.13. The molecular weight excluding hydrogens is 340 g/mol. The van der Waals surface area contributed by atoms with Crippen LogP contribution < -0.4 is 10.9 Å². The van der Waals surface area contributed by atoms with Crippen LogP contribution in [0.1, 0.15) is 22.5 Å². The molecule has 6 nitrogen and oxygen atoms in total. The first kappa shape index (κ1) is 18.8. The molecule has 0 bridgehead atoms. The van der Waals surface area contributed by atoms with Crippen LogP contribution in [0.5, 0.6) is 0 Å². The highest BCUT2D eigenvalue weighted by Crippen LogP contribution is 2.14. The summed E-state index contributed by atoms with van der Waals surface area (Å²) in [4.78, 5) is 27.6. The Morgan fingerprint density at radius 2 is 1.70 bits per heavy atom. The van der Waals surface area contributed by atoms with E-state index < -0.39 is 0 Å². The normalized spacial score (nSPS) is 11.1. The summed E-state index contributed by atoms with van der Waals surface area (Å²) in [6, 6.07) is 16.7. The Balaban J connectivity index is 1.92. The number of nitrogens with one attached hydrogen (secondary N) is 1. The lowest BCUT2D eigenvalue weighted by Gasteiger charge is -2.12. The first-order chi connectivity index (χ1) is 13.1. The summed E-state index contributed by atoms with van der Waals surface area (Å²) in [7, 11) is 3.99. The Hall–Kier alpha value is -2.99. The van der Waals surface area contributed by atoms with E-state index >= 15 is 0 Å². The standard InChI is InChI=1S/C21H24N4O2/c1-24(2)14-8-13-22-20(26)19-17-11-6-7-12-18(17)21(27)25(23-19)15-16-9-4-3-5-10-16/h3-7,9-12H,8,13-15H2,1-2H3,(H,22,26). The predicted molar refractivity (Wildman–Crippen MR) is 107 cm³/mol. The van der Waals surface area contributed by atoms with E-state index in [-0.39, 0.29) is 17.2 Å². The fourth-order valence-corrected chi connectivity index (χ4v) is 2.95. The Morgan fingerprint density at radius 3 is 2.41 bits per heavy atom. The zero-order valence-corrected chi connectivity index (χ0v) is 15.7. The Kier molecular flexibility index (Phi) is 5.98. The summed E-state index contributed by atoms with van der Waals surface area (Å²) < 4.78 is 1.37. The molecule has 0 saturated carbocycles. The van der Waals surface area contributed by atoms with Gasteiger partial charge in [-0.25, -0.2) is 4.68 Å². The highest BCUT2D eigenvalue weighted by atomic mass is 16.2. The van der Waals surface area contributed by atoms with E-state index in [1.807, 2.05) is 50.5 Å². The zero-order valence-electron chi connectivity index (χ0n) is 15.7. The van der Waals surface area contributed by atoms with Crippen LogP contribution in [0, 0.1) is 0 Å². The number of aromatic nitrogens is 2. The maximum Gasteiger partial charge on any atom is 0.274 e. The van der Waals surface area contributed by atoms with Crippen molar-refractivity contribution in [2.24, 2.45) is 0 Å². The van der Waals surface area contributed by atoms with Gasteiger partial charge in [0.2, 0.25) is 0 Å². The molecule has 6 heteroatoms. The Morgan fingerprint density at radius 1 is 1.04 bits per heavy atom. The van der Waals surface area contributed by atoms with E-state index in [2.05, 4.69) is 15.3 Å². The molecule has 1 aromatic heterocycles. The van der Waals surface area contributed by atoms with Crippen molar-refractivity contribution in [3.63, 3.8) is 0 Å². The fourth-order valence-electron chi connectivity index (χ4n) is 2.95. The van der Waals surface area contributed by atoms with Gasteiger partial charge in [0.1, 0.15) is 0 Å². The molecule has 0 radical (unpaired) electrons. The average molecular weight is 364 g/mol. The molecule has 1 heterocycles. The van der Waals surface area contributed by atoms with Gasteiger partial charge in [-0.1, -0.05) is 48.5 Å². The molecule has 0 atom stereocenters. The van der Waals surface area contributed by atoms with Gasteiger partial charge in [0, 0.05) is 11.9 Å². The van der Waals surface area contributed by atoms with Crippen molar-refractivity contribution in [3.8, 4) is 0 Å². The molecule has 0 aliphatic heterocycles. The average Bonchev–Trinajstić information content (AvgIpc) is 2.68. The second-order valence-electron chi connectivity index (χ2n) is 6.76. The second-order valence-corrected chi connectivity index (χ2v) is 6.76. The number of carbonyl (C=O) groups excluding carboxylic acids is 1. The molecule has 3 aromatic rings. The minimum Gasteiger partial charge on any atom is -0.351 e. The lowest BCUT2D eigenvalue weighted by molar-refractivity contribution is 0.0947. The van der Waals surface area contributed by atoms with E-state index in [0.717, 1.165) is 18.5 Å². The van der Waals surface area contributed by atoms with E-state index in [0.29, 0.717) is 23.9 Å². The summed E-state index contributed by atoms with van der Waals surface area (Å²) in [6.07, 6.45) is 0.848. The third-order valence-electron chi connectivity index (χ3n) is 4.33. The van der Waals surface area contributed by atoms with Gasteiger partial charge in [-0.15, -0.1) is 0 Å². The number of hydrogen-bond donors (Lipinski definition) is 1. The van der Waals surface area contributed by atoms with Crippen LogP contribution in [0.2, 0.25) is 0 Å². The molecule has 0 fully saturated rings. The van der Waals surface area contributed by atoms with Crippen molar-refractivity contribution in [1.82, 2.24) is 20.0 Å². The summed E-state index contributed by atoms with van der Waals surface area (Å²) in [5.74, 6) is -0.258. The number of nitrogens with zero attached hydrogens (tertiary/aromatic N) is 3. The topological polar surface area (TPSA) is 67.2 Å². The maximum absolute atomic E-state index is 12.8. The number of amides is 1. The van der Waals surface area contributed by atoms with Gasteiger partial charge in [-0.05, 0) is 38.7 Å². The van der Waals surface area contributed by atoms with Gasteiger partial charge in [0.05, 0.1) is 11.9 Å². The highest BCUT2D eigenvalue weighted by molar-refractivity contribution is 6.04. The van der Waals surface area contributed by atoms with Crippen molar-refractivity contribution in [3.05, 3.63) is 76.2 Å². The molecule has 0 aliphatic rings. The molecule has 140 valence electrons. The van der Waals surface area contributed by atoms with Crippen molar-refractivity contribution >= 4 is 16.7 Å². The first-order valence-corrected chi connectivity index (χ1v) is 9.03. The molecule has 0 unspecified atom stereocenters. The van der Waals surface area contributed by atoms with Gasteiger partial charge in [-0.2, -0.15) is 5.10 Å². The minimum atomic E-state index is -0.258. The van der Waals surface area contributed by atoms with Crippen molar-refractivity contribution in [2.75, 3.05) is 27.2 Å². The fraction of sp³-hybridized carbons (Fsp3) is 0.286. The van der Waals surface area contributed by atoms with E-state index in [4.69, 9.17) is 0 Å².